The highest BCUT2D eigenvalue weighted by molar-refractivity contribution is 6.99. The molecule has 7 aromatic carbocycles. The molecule has 0 amide bonds. The molecule has 2 aromatic heterocycles. The van der Waals surface area contributed by atoms with E-state index in [9.17, 15) is 0 Å². The van der Waals surface area contributed by atoms with Crippen LogP contribution in [0.2, 0.25) is 0 Å². The lowest BCUT2D eigenvalue weighted by molar-refractivity contribution is 0.566. The van der Waals surface area contributed by atoms with Gasteiger partial charge < -0.3 is 13.7 Å². The third kappa shape index (κ3) is 9.98. The molecule has 11 rings (SSSR count). The van der Waals surface area contributed by atoms with Crippen LogP contribution in [-0.2, 0) is 32.5 Å². The lowest BCUT2D eigenvalue weighted by Gasteiger charge is -2.41. The second-order valence-corrected chi connectivity index (χ2v) is 28.6. The van der Waals surface area contributed by atoms with Crippen molar-refractivity contribution in [1.29, 1.82) is 0 Å². The predicted octanol–water partition coefficient (Wildman–Crippen LogP) is 18.3. The van der Waals surface area contributed by atoms with E-state index in [4.69, 9.17) is 18.8 Å². The van der Waals surface area contributed by atoms with Crippen LogP contribution in [0.25, 0.3) is 22.9 Å². The van der Waals surface area contributed by atoms with Crippen LogP contribution in [0.3, 0.4) is 0 Å². The molecule has 9 aromatic rings. The fourth-order valence-corrected chi connectivity index (χ4v) is 11.2. The maximum atomic E-state index is 7.46. The summed E-state index contributed by atoms with van der Waals surface area (Å²) in [5.74, 6) is 2.40. The van der Waals surface area contributed by atoms with E-state index in [2.05, 4.69) is 297 Å². The van der Waals surface area contributed by atoms with E-state index in [0.29, 0.717) is 23.5 Å². The Kier molecular flexibility index (Phi) is 12.9. The van der Waals surface area contributed by atoms with Crippen molar-refractivity contribution >= 4 is 74.9 Å². The molecule has 2 aliphatic rings. The Bertz CT molecular complexity index is 3460. The summed E-state index contributed by atoms with van der Waals surface area (Å²) in [6, 6.07) is 57.9. The Morgan fingerprint density at radius 1 is 0.350 bits per heavy atom. The zero-order valence-corrected chi connectivity index (χ0v) is 50.6. The van der Waals surface area contributed by atoms with Gasteiger partial charge in [-0.3, -0.25) is 9.80 Å². The molecule has 0 saturated heterocycles. The summed E-state index contributed by atoms with van der Waals surface area (Å²) < 4.78 is 14.9. The van der Waals surface area contributed by atoms with Crippen LogP contribution < -0.4 is 31.3 Å². The molecule has 0 radical (unpaired) electrons. The summed E-state index contributed by atoms with van der Waals surface area (Å²) in [7, 11) is 0. The van der Waals surface area contributed by atoms with Gasteiger partial charge in [0.1, 0.15) is 0 Å². The molecule has 2 aliphatic heterocycles. The third-order valence-electron chi connectivity index (χ3n) is 16.2. The standard InChI is InChI=1S/C72H80BN5O2/c1-67(2,3)47-33-29-45(30-34-47)63-74-61-65(79-63)77(55-39-49(69(7,8)9)37-50(40-55)70(10,11)12)58-43-57(76(53-25-21-19-22-26-53)54-27-23-20-24-28-54)44-59-60(58)73(61)62-66(80-64(75-62)46-31-35-48(36-32-46)68(4,5)6)78(59)56-41-51(71(13,14)15)38-52(42-56)72(16,17)18/h19-44H,1-18H3. The van der Waals surface area contributed by atoms with E-state index >= 15 is 0 Å². The summed E-state index contributed by atoms with van der Waals surface area (Å²) in [6.07, 6.45) is 0. The maximum Gasteiger partial charge on any atom is 0.307 e. The molecule has 408 valence electrons. The first-order chi connectivity index (χ1) is 37.4. The van der Waals surface area contributed by atoms with Gasteiger partial charge in [0.2, 0.25) is 23.5 Å². The Balaban J connectivity index is 1.31. The average Bonchev–Trinajstić information content (AvgIpc) is 4.05. The number of oxazole rings is 2. The van der Waals surface area contributed by atoms with Crippen LogP contribution in [0.1, 0.15) is 158 Å². The number of anilines is 9. The summed E-state index contributed by atoms with van der Waals surface area (Å²) in [6.45, 7) is 40.7. The van der Waals surface area contributed by atoms with Gasteiger partial charge in [0.25, 0.3) is 0 Å². The quantitative estimate of drug-likeness (QED) is 0.147. The zero-order valence-electron chi connectivity index (χ0n) is 50.6. The summed E-state index contributed by atoms with van der Waals surface area (Å²) in [5.41, 5.74) is 18.1. The molecule has 0 unspecified atom stereocenters. The van der Waals surface area contributed by atoms with Crippen molar-refractivity contribution in [2.24, 2.45) is 0 Å². The smallest absolute Gasteiger partial charge is 0.307 e. The molecule has 0 N–H and O–H groups in total. The normalized spacial score (nSPS) is 13.8. The van der Waals surface area contributed by atoms with Gasteiger partial charge in [-0.1, -0.05) is 197 Å². The van der Waals surface area contributed by atoms with E-state index in [1.54, 1.807) is 0 Å². The van der Waals surface area contributed by atoms with Crippen LogP contribution in [0, 0.1) is 0 Å². The third-order valence-corrected chi connectivity index (χ3v) is 16.2. The van der Waals surface area contributed by atoms with Crippen LogP contribution in [0.15, 0.2) is 167 Å². The Morgan fingerprint density at radius 2 is 0.662 bits per heavy atom. The number of benzene rings is 7. The van der Waals surface area contributed by atoms with Crippen molar-refractivity contribution in [3.8, 4) is 22.9 Å². The number of rotatable bonds is 7. The summed E-state index contributed by atoms with van der Waals surface area (Å²) in [4.78, 5) is 18.5. The molecule has 80 heavy (non-hydrogen) atoms. The molecule has 0 fully saturated rings. The molecule has 4 heterocycles. The molecule has 7 nitrogen and oxygen atoms in total. The van der Waals surface area contributed by atoms with Gasteiger partial charge in [-0.05, 0) is 156 Å². The van der Waals surface area contributed by atoms with Crippen LogP contribution in [-0.4, -0.2) is 16.7 Å². The Morgan fingerprint density at radius 3 is 0.963 bits per heavy atom. The fourth-order valence-electron chi connectivity index (χ4n) is 11.2. The van der Waals surface area contributed by atoms with Gasteiger partial charge in [0, 0.05) is 45.3 Å². The highest BCUT2D eigenvalue weighted by atomic mass is 16.4. The minimum Gasteiger partial charge on any atom is -0.420 e. The molecule has 0 saturated carbocycles. The highest BCUT2D eigenvalue weighted by Crippen LogP contribution is 2.51. The van der Waals surface area contributed by atoms with Crippen molar-refractivity contribution in [3.05, 3.63) is 191 Å². The zero-order chi connectivity index (χ0) is 57.2. The van der Waals surface area contributed by atoms with Crippen molar-refractivity contribution in [2.75, 3.05) is 14.7 Å². The molecule has 8 heteroatoms. The first kappa shape index (κ1) is 54.4. The van der Waals surface area contributed by atoms with Crippen molar-refractivity contribution in [3.63, 3.8) is 0 Å². The number of para-hydroxylation sites is 2. The van der Waals surface area contributed by atoms with Gasteiger partial charge in [-0.25, -0.2) is 9.97 Å². The number of aromatic nitrogens is 2. The van der Waals surface area contributed by atoms with Gasteiger partial charge in [0.15, 0.2) is 0 Å². The first-order valence-corrected chi connectivity index (χ1v) is 28.7. The van der Waals surface area contributed by atoms with Crippen LogP contribution >= 0.6 is 0 Å². The number of hydrogen-bond donors (Lipinski definition) is 0. The van der Waals surface area contributed by atoms with Crippen LogP contribution in [0.5, 0.6) is 0 Å². The minimum absolute atomic E-state index is 0.0285. The number of nitrogens with zero attached hydrogens (tertiary/aromatic N) is 5. The fraction of sp³-hybridized carbons (Fsp3) is 0.333. The van der Waals surface area contributed by atoms with E-state index in [-0.39, 0.29) is 32.5 Å². The molecule has 0 atom stereocenters. The second-order valence-electron chi connectivity index (χ2n) is 28.6. The molecular formula is C72H80BN5O2. The Hall–Kier alpha value is -7.58. The molecule has 0 aliphatic carbocycles. The second kappa shape index (κ2) is 19.0. The minimum atomic E-state index is -0.494. The lowest BCUT2D eigenvalue weighted by atomic mass is 9.37. The maximum absolute atomic E-state index is 7.46. The largest absolute Gasteiger partial charge is 0.420 e. The van der Waals surface area contributed by atoms with E-state index < -0.39 is 6.71 Å². The van der Waals surface area contributed by atoms with E-state index in [1.165, 1.54) is 33.4 Å². The monoisotopic (exact) mass is 1060 g/mol. The molecule has 0 bridgehead atoms. The molecular weight excluding hydrogens is 978 g/mol. The van der Waals surface area contributed by atoms with E-state index in [0.717, 1.165) is 67.6 Å². The van der Waals surface area contributed by atoms with Gasteiger partial charge in [0.05, 0.1) is 16.9 Å². The summed E-state index contributed by atoms with van der Waals surface area (Å²) >= 11 is 0. The predicted molar refractivity (Wildman–Crippen MR) is 338 cm³/mol. The number of hydrogen-bond acceptors (Lipinski definition) is 7. The lowest BCUT2D eigenvalue weighted by Crippen LogP contribution is -2.62. The van der Waals surface area contributed by atoms with Crippen molar-refractivity contribution in [1.82, 2.24) is 9.97 Å². The van der Waals surface area contributed by atoms with Crippen molar-refractivity contribution in [2.45, 2.75) is 157 Å². The Labute approximate surface area is 477 Å². The van der Waals surface area contributed by atoms with Crippen LogP contribution in [0.4, 0.5) is 51.6 Å². The van der Waals surface area contributed by atoms with Gasteiger partial charge >= 0.3 is 6.71 Å². The van der Waals surface area contributed by atoms with Gasteiger partial charge in [-0.2, -0.15) is 0 Å². The van der Waals surface area contributed by atoms with Gasteiger partial charge in [-0.15, -0.1) is 0 Å². The first-order valence-electron chi connectivity index (χ1n) is 28.7. The summed E-state index contributed by atoms with van der Waals surface area (Å²) in [5, 5.41) is 0. The topological polar surface area (TPSA) is 61.8 Å². The number of fused-ring (bicyclic) bond motifs is 4. The van der Waals surface area contributed by atoms with E-state index in [1.807, 2.05) is 0 Å². The van der Waals surface area contributed by atoms with Crippen molar-refractivity contribution < 1.29 is 8.83 Å². The highest BCUT2D eigenvalue weighted by Gasteiger charge is 2.51. The SMILES string of the molecule is CC(C)(C)c1ccc(-c2nc3c(o2)N(c2cc(C(C)(C)C)cc(C(C)(C)C)c2)c2cc(N(c4ccccc4)c4ccccc4)cc4c2B3c2nc(-c3ccc(C(C)(C)C)cc3)oc2N4c2cc(C(C)(C)C)cc(C(C)(C)C)c2)cc1. The molecule has 0 spiro atoms. The average molecular weight is 1060 g/mol.